The van der Waals surface area contributed by atoms with Crippen LogP contribution in [0.25, 0.3) is 0 Å². The highest BCUT2D eigenvalue weighted by molar-refractivity contribution is 7.89. The van der Waals surface area contributed by atoms with Gasteiger partial charge in [-0.3, -0.25) is 9.59 Å². The molecule has 0 bridgehead atoms. The lowest BCUT2D eigenvalue weighted by atomic mass is 9.86. The Morgan fingerprint density at radius 3 is 2.59 bits per heavy atom. The fourth-order valence-corrected chi connectivity index (χ4v) is 5.53. The molecule has 1 aliphatic heterocycles. The quantitative estimate of drug-likeness (QED) is 0.737. The van der Waals surface area contributed by atoms with Crippen molar-refractivity contribution in [2.45, 2.75) is 76.3 Å². The van der Waals surface area contributed by atoms with Crippen LogP contribution in [-0.2, 0) is 26.0 Å². The Morgan fingerprint density at radius 2 is 1.90 bits per heavy atom. The van der Waals surface area contributed by atoms with Crippen LogP contribution in [0.3, 0.4) is 0 Å². The highest BCUT2D eigenvalue weighted by Crippen LogP contribution is 2.33. The minimum atomic E-state index is -3.71. The first-order valence-electron chi connectivity index (χ1n) is 10.4. The van der Waals surface area contributed by atoms with Gasteiger partial charge in [-0.25, -0.2) is 13.1 Å². The number of sulfonamides is 1. The van der Waals surface area contributed by atoms with Crippen molar-refractivity contribution in [3.63, 3.8) is 0 Å². The predicted octanol–water partition coefficient (Wildman–Crippen LogP) is 2.35. The van der Waals surface area contributed by atoms with Crippen molar-refractivity contribution in [3.05, 3.63) is 23.8 Å². The van der Waals surface area contributed by atoms with E-state index in [1.807, 2.05) is 6.92 Å². The summed E-state index contributed by atoms with van der Waals surface area (Å²) >= 11 is 0. The zero-order chi connectivity index (χ0) is 21.2. The van der Waals surface area contributed by atoms with E-state index in [1.165, 1.54) is 19.4 Å². The molecular formula is C21H31N3O4S. The molecule has 0 saturated heterocycles. The molecule has 1 aliphatic carbocycles. The van der Waals surface area contributed by atoms with Gasteiger partial charge in [-0.2, -0.15) is 0 Å². The van der Waals surface area contributed by atoms with E-state index in [0.717, 1.165) is 30.5 Å². The van der Waals surface area contributed by atoms with Gasteiger partial charge in [-0.1, -0.05) is 19.8 Å². The van der Waals surface area contributed by atoms with Gasteiger partial charge in [0, 0.05) is 37.7 Å². The lowest BCUT2D eigenvalue weighted by Gasteiger charge is -2.29. The third kappa shape index (κ3) is 4.98. The lowest BCUT2D eigenvalue weighted by Crippen LogP contribution is -2.42. The van der Waals surface area contributed by atoms with E-state index in [4.69, 9.17) is 0 Å². The van der Waals surface area contributed by atoms with Crippen LogP contribution in [0.5, 0.6) is 0 Å². The number of hydrogen-bond donors (Lipinski definition) is 2. The van der Waals surface area contributed by atoms with E-state index in [-0.39, 0.29) is 41.8 Å². The molecule has 160 valence electrons. The fourth-order valence-electron chi connectivity index (χ4n) is 4.45. The largest absolute Gasteiger partial charge is 0.353 e. The third-order valence-electron chi connectivity index (χ3n) is 6.02. The zero-order valence-electron chi connectivity index (χ0n) is 17.4. The maximum absolute atomic E-state index is 12.6. The molecule has 0 radical (unpaired) electrons. The van der Waals surface area contributed by atoms with Crippen molar-refractivity contribution in [1.29, 1.82) is 0 Å². The maximum atomic E-state index is 12.6. The molecule has 1 fully saturated rings. The smallest absolute Gasteiger partial charge is 0.240 e. The van der Waals surface area contributed by atoms with Gasteiger partial charge in [0.05, 0.1) is 4.90 Å². The molecule has 0 spiro atoms. The Morgan fingerprint density at radius 1 is 1.17 bits per heavy atom. The monoisotopic (exact) mass is 421 g/mol. The van der Waals surface area contributed by atoms with Gasteiger partial charge in [0.1, 0.15) is 0 Å². The van der Waals surface area contributed by atoms with Crippen LogP contribution in [0, 0.1) is 5.92 Å². The summed E-state index contributed by atoms with van der Waals surface area (Å²) in [6.07, 6.45) is 5.18. The van der Waals surface area contributed by atoms with Gasteiger partial charge in [0.2, 0.25) is 21.8 Å². The number of benzene rings is 1. The second-order valence-corrected chi connectivity index (χ2v) is 10.1. The molecule has 1 aromatic carbocycles. The van der Waals surface area contributed by atoms with Crippen molar-refractivity contribution in [1.82, 2.24) is 10.0 Å². The number of amides is 2. The molecule has 1 saturated carbocycles. The second kappa shape index (κ2) is 8.83. The Labute approximate surface area is 173 Å². The Bertz CT molecular complexity index is 884. The number of anilines is 1. The molecule has 1 heterocycles. The third-order valence-corrected chi connectivity index (χ3v) is 7.48. The second-order valence-electron chi connectivity index (χ2n) is 8.32. The number of carbonyl (C=O) groups excluding carboxylic acids is 2. The zero-order valence-corrected chi connectivity index (χ0v) is 18.2. The number of carbonyl (C=O) groups is 2. The summed E-state index contributed by atoms with van der Waals surface area (Å²) in [7, 11) is -3.71. The minimum Gasteiger partial charge on any atom is -0.353 e. The van der Waals surface area contributed by atoms with E-state index in [0.29, 0.717) is 12.3 Å². The molecule has 29 heavy (non-hydrogen) atoms. The molecule has 2 aliphatic rings. The number of fused-ring (bicyclic) bond motifs is 1. The van der Waals surface area contributed by atoms with Crippen LogP contribution in [0.1, 0.15) is 58.4 Å². The predicted molar refractivity (Wildman–Crippen MR) is 112 cm³/mol. The van der Waals surface area contributed by atoms with E-state index in [1.54, 1.807) is 17.0 Å². The van der Waals surface area contributed by atoms with Gasteiger partial charge < -0.3 is 10.2 Å². The van der Waals surface area contributed by atoms with Gasteiger partial charge in [0.25, 0.3) is 0 Å². The normalized spacial score (nSPS) is 24.2. The summed E-state index contributed by atoms with van der Waals surface area (Å²) in [5.74, 6) is 0.294. The summed E-state index contributed by atoms with van der Waals surface area (Å²) in [6, 6.07) is 5.03. The highest BCUT2D eigenvalue weighted by atomic mass is 32.2. The topological polar surface area (TPSA) is 95.6 Å². The SMILES string of the molecule is CC(=O)N1c2ccc(S(=O)(=O)NCCC(=O)N[C@@H]3CCCC[C@H]3C)cc2C[C@H]1C. The average Bonchev–Trinajstić information content (AvgIpc) is 2.98. The first-order chi connectivity index (χ1) is 13.7. The van der Waals surface area contributed by atoms with Crippen LogP contribution in [-0.4, -0.2) is 38.9 Å². The van der Waals surface area contributed by atoms with Crippen molar-refractivity contribution in [2.24, 2.45) is 5.92 Å². The summed E-state index contributed by atoms with van der Waals surface area (Å²) < 4.78 is 27.8. The van der Waals surface area contributed by atoms with E-state index in [2.05, 4.69) is 17.0 Å². The molecule has 3 atom stereocenters. The molecule has 3 rings (SSSR count). The van der Waals surface area contributed by atoms with Gasteiger partial charge in [0.15, 0.2) is 0 Å². The van der Waals surface area contributed by atoms with Crippen molar-refractivity contribution < 1.29 is 18.0 Å². The van der Waals surface area contributed by atoms with Crippen LogP contribution < -0.4 is 14.9 Å². The van der Waals surface area contributed by atoms with Crippen molar-refractivity contribution >= 4 is 27.5 Å². The van der Waals surface area contributed by atoms with E-state index in [9.17, 15) is 18.0 Å². The number of hydrogen-bond acceptors (Lipinski definition) is 4. The van der Waals surface area contributed by atoms with Crippen LogP contribution >= 0.6 is 0 Å². The Hall–Kier alpha value is -1.93. The van der Waals surface area contributed by atoms with Crippen molar-refractivity contribution in [2.75, 3.05) is 11.4 Å². The first-order valence-corrected chi connectivity index (χ1v) is 11.9. The molecule has 0 aromatic heterocycles. The fraction of sp³-hybridized carbons (Fsp3) is 0.619. The van der Waals surface area contributed by atoms with Gasteiger partial charge in [-0.05, 0) is 55.9 Å². The van der Waals surface area contributed by atoms with Crippen molar-refractivity contribution in [3.8, 4) is 0 Å². The molecule has 8 heteroatoms. The van der Waals surface area contributed by atoms with Crippen LogP contribution in [0.15, 0.2) is 23.1 Å². The first kappa shape index (κ1) is 21.8. The summed E-state index contributed by atoms with van der Waals surface area (Å²) in [5.41, 5.74) is 1.62. The Kier molecular flexibility index (Phi) is 6.63. The summed E-state index contributed by atoms with van der Waals surface area (Å²) in [5, 5.41) is 3.04. The molecule has 2 N–H and O–H groups in total. The molecule has 1 aromatic rings. The molecular weight excluding hydrogens is 390 g/mol. The van der Waals surface area contributed by atoms with Crippen LogP contribution in [0.2, 0.25) is 0 Å². The summed E-state index contributed by atoms with van der Waals surface area (Å²) in [4.78, 5) is 25.9. The summed E-state index contributed by atoms with van der Waals surface area (Å²) in [6.45, 7) is 5.66. The van der Waals surface area contributed by atoms with Crippen LogP contribution in [0.4, 0.5) is 5.69 Å². The van der Waals surface area contributed by atoms with Gasteiger partial charge >= 0.3 is 0 Å². The average molecular weight is 422 g/mol. The molecule has 2 amide bonds. The molecule has 7 nitrogen and oxygen atoms in total. The van der Waals surface area contributed by atoms with E-state index < -0.39 is 10.0 Å². The lowest BCUT2D eigenvalue weighted by molar-refractivity contribution is -0.122. The Balaban J connectivity index is 1.57. The minimum absolute atomic E-state index is 0.0132. The number of rotatable bonds is 6. The molecule has 0 unspecified atom stereocenters. The van der Waals surface area contributed by atoms with Gasteiger partial charge in [-0.15, -0.1) is 0 Å². The van der Waals surface area contributed by atoms with E-state index >= 15 is 0 Å². The standard InChI is InChI=1S/C21H31N3O4S/c1-14-6-4-5-7-19(14)23-21(26)10-11-22-29(27,28)18-8-9-20-17(13-18)12-15(2)24(20)16(3)25/h8-9,13-15,19,22H,4-7,10-12H2,1-3H3,(H,23,26)/t14-,15-,19-/m1/s1. The number of nitrogens with zero attached hydrogens (tertiary/aromatic N) is 1. The highest BCUT2D eigenvalue weighted by Gasteiger charge is 2.30. The maximum Gasteiger partial charge on any atom is 0.240 e. The number of nitrogens with one attached hydrogen (secondary N) is 2.